The number of rotatable bonds is 3. The normalized spacial score (nSPS) is 19.8. The van der Waals surface area contributed by atoms with Crippen LogP contribution in [0.25, 0.3) is 0 Å². The van der Waals surface area contributed by atoms with E-state index >= 15 is 0 Å². The van der Waals surface area contributed by atoms with Gasteiger partial charge in [-0.2, -0.15) is 0 Å². The molecule has 3 N–H and O–H groups in total. The molecule has 1 fully saturated rings. The van der Waals surface area contributed by atoms with E-state index in [0.29, 0.717) is 12.5 Å². The third kappa shape index (κ3) is 2.41. The van der Waals surface area contributed by atoms with Gasteiger partial charge in [-0.1, -0.05) is 12.8 Å². The molecule has 0 saturated heterocycles. The average molecular weight is 248 g/mol. The van der Waals surface area contributed by atoms with Crippen LogP contribution in [0, 0.1) is 5.92 Å². The van der Waals surface area contributed by atoms with E-state index in [0.717, 1.165) is 36.7 Å². The summed E-state index contributed by atoms with van der Waals surface area (Å²) in [5.74, 6) is 1.39. The number of hydrogen-bond acceptors (Lipinski definition) is 4. The highest BCUT2D eigenvalue weighted by Crippen LogP contribution is 2.24. The molecule has 1 aromatic rings. The van der Waals surface area contributed by atoms with Crippen molar-refractivity contribution in [1.29, 1.82) is 0 Å². The lowest BCUT2D eigenvalue weighted by molar-refractivity contribution is 0.575. The van der Waals surface area contributed by atoms with E-state index in [1.165, 1.54) is 25.7 Å². The lowest BCUT2D eigenvalue weighted by atomic mass is 10.1. The zero-order chi connectivity index (χ0) is 12.4. The van der Waals surface area contributed by atoms with Gasteiger partial charge in [-0.15, -0.1) is 0 Å². The van der Waals surface area contributed by atoms with Crippen LogP contribution in [0.4, 0.5) is 5.95 Å². The Morgan fingerprint density at radius 2 is 2.17 bits per heavy atom. The van der Waals surface area contributed by atoms with Crippen LogP contribution in [0.5, 0.6) is 0 Å². The van der Waals surface area contributed by atoms with Crippen LogP contribution in [0.15, 0.2) is 4.79 Å². The molecule has 0 aromatic carbocycles. The molecule has 0 amide bonds. The Kier molecular flexibility index (Phi) is 3.32. The van der Waals surface area contributed by atoms with E-state index in [-0.39, 0.29) is 5.56 Å². The molecule has 2 heterocycles. The molecule has 1 aliphatic heterocycles. The third-order valence-electron chi connectivity index (χ3n) is 3.97. The minimum Gasteiger partial charge on any atom is -0.355 e. The second-order valence-electron chi connectivity index (χ2n) is 5.30. The lowest BCUT2D eigenvalue weighted by Gasteiger charge is -2.17. The summed E-state index contributed by atoms with van der Waals surface area (Å²) in [6.07, 6.45) is 6.12. The molecule has 5 nitrogen and oxygen atoms in total. The standard InChI is InChI=1S/C13H20N4O/c18-12-10-8-14-6-5-11(10)16-13(17-12)15-7-9-3-1-2-4-9/h9,14H,1-8H2,(H2,15,16,17,18). The number of H-pyrrole nitrogens is 1. The molecule has 1 saturated carbocycles. The van der Waals surface area contributed by atoms with Gasteiger partial charge in [0.1, 0.15) is 0 Å². The molecule has 0 radical (unpaired) electrons. The van der Waals surface area contributed by atoms with Crippen molar-refractivity contribution in [3.8, 4) is 0 Å². The van der Waals surface area contributed by atoms with Crippen LogP contribution in [-0.2, 0) is 13.0 Å². The highest BCUT2D eigenvalue weighted by molar-refractivity contribution is 5.31. The van der Waals surface area contributed by atoms with Crippen LogP contribution in [0.3, 0.4) is 0 Å². The molecule has 98 valence electrons. The smallest absolute Gasteiger partial charge is 0.257 e. The predicted octanol–water partition coefficient (Wildman–Crippen LogP) is 1.02. The van der Waals surface area contributed by atoms with Gasteiger partial charge in [0.2, 0.25) is 5.95 Å². The van der Waals surface area contributed by atoms with Crippen LogP contribution >= 0.6 is 0 Å². The van der Waals surface area contributed by atoms with Gasteiger partial charge >= 0.3 is 0 Å². The molecule has 0 unspecified atom stereocenters. The Morgan fingerprint density at radius 3 is 3.00 bits per heavy atom. The first-order valence-electron chi connectivity index (χ1n) is 6.89. The number of fused-ring (bicyclic) bond motifs is 1. The molecule has 1 aliphatic carbocycles. The van der Waals surface area contributed by atoms with Gasteiger partial charge in [0.15, 0.2) is 0 Å². The number of hydrogen-bond donors (Lipinski definition) is 3. The maximum Gasteiger partial charge on any atom is 0.257 e. The molecule has 5 heteroatoms. The Labute approximate surface area is 106 Å². The monoisotopic (exact) mass is 248 g/mol. The van der Waals surface area contributed by atoms with Gasteiger partial charge in [-0.3, -0.25) is 9.78 Å². The van der Waals surface area contributed by atoms with E-state index in [1.54, 1.807) is 0 Å². The maximum atomic E-state index is 11.9. The van der Waals surface area contributed by atoms with E-state index < -0.39 is 0 Å². The SMILES string of the molecule is O=c1[nH]c(NCC2CCCC2)nc2c1CNCC2. The minimum absolute atomic E-state index is 0.00104. The molecular formula is C13H20N4O. The summed E-state index contributed by atoms with van der Waals surface area (Å²) in [5.41, 5.74) is 1.75. The van der Waals surface area contributed by atoms with Gasteiger partial charge in [-0.25, -0.2) is 4.98 Å². The number of nitrogens with zero attached hydrogens (tertiary/aromatic N) is 1. The van der Waals surface area contributed by atoms with Gasteiger partial charge in [0, 0.05) is 26.1 Å². The van der Waals surface area contributed by atoms with Crippen molar-refractivity contribution < 1.29 is 0 Å². The van der Waals surface area contributed by atoms with Crippen molar-refractivity contribution in [3.63, 3.8) is 0 Å². The Balaban J connectivity index is 1.72. The fourth-order valence-electron chi connectivity index (χ4n) is 2.89. The fourth-order valence-corrected chi connectivity index (χ4v) is 2.89. The first-order valence-corrected chi connectivity index (χ1v) is 6.89. The predicted molar refractivity (Wildman–Crippen MR) is 70.7 cm³/mol. The number of nitrogens with one attached hydrogen (secondary N) is 3. The van der Waals surface area contributed by atoms with Gasteiger partial charge in [0.05, 0.1) is 11.3 Å². The van der Waals surface area contributed by atoms with E-state index in [1.807, 2.05) is 0 Å². The molecule has 2 aliphatic rings. The lowest BCUT2D eigenvalue weighted by Crippen LogP contribution is -2.32. The van der Waals surface area contributed by atoms with Gasteiger partial charge in [0.25, 0.3) is 5.56 Å². The molecule has 18 heavy (non-hydrogen) atoms. The van der Waals surface area contributed by atoms with Crippen molar-refractivity contribution >= 4 is 5.95 Å². The van der Waals surface area contributed by atoms with Crippen molar-refractivity contribution in [2.45, 2.75) is 38.6 Å². The minimum atomic E-state index is 0.00104. The molecular weight excluding hydrogens is 228 g/mol. The zero-order valence-corrected chi connectivity index (χ0v) is 10.6. The van der Waals surface area contributed by atoms with Crippen LogP contribution in [0.2, 0.25) is 0 Å². The van der Waals surface area contributed by atoms with E-state index in [4.69, 9.17) is 0 Å². The number of anilines is 1. The van der Waals surface area contributed by atoms with Gasteiger partial charge in [-0.05, 0) is 18.8 Å². The Bertz CT molecular complexity index is 476. The first-order chi connectivity index (χ1) is 8.83. The summed E-state index contributed by atoms with van der Waals surface area (Å²) in [7, 11) is 0. The van der Waals surface area contributed by atoms with Crippen LogP contribution < -0.4 is 16.2 Å². The summed E-state index contributed by atoms with van der Waals surface area (Å²) < 4.78 is 0. The quantitative estimate of drug-likeness (QED) is 0.747. The Hall–Kier alpha value is -1.36. The molecule has 0 atom stereocenters. The first kappa shape index (κ1) is 11.7. The second-order valence-corrected chi connectivity index (χ2v) is 5.30. The zero-order valence-electron chi connectivity index (χ0n) is 10.6. The Morgan fingerprint density at radius 1 is 1.33 bits per heavy atom. The highest BCUT2D eigenvalue weighted by Gasteiger charge is 2.17. The molecule has 0 bridgehead atoms. The summed E-state index contributed by atoms with van der Waals surface area (Å²) in [4.78, 5) is 19.3. The number of aromatic amines is 1. The average Bonchev–Trinajstić information content (AvgIpc) is 2.90. The highest BCUT2D eigenvalue weighted by atomic mass is 16.1. The second kappa shape index (κ2) is 5.10. The van der Waals surface area contributed by atoms with Crippen molar-refractivity contribution in [2.24, 2.45) is 5.92 Å². The summed E-state index contributed by atoms with van der Waals surface area (Å²) in [5, 5.41) is 6.49. The molecule has 1 aromatic heterocycles. The fraction of sp³-hybridized carbons (Fsp3) is 0.692. The summed E-state index contributed by atoms with van der Waals surface area (Å²) in [6, 6.07) is 0. The summed E-state index contributed by atoms with van der Waals surface area (Å²) in [6.45, 7) is 2.48. The number of aromatic nitrogens is 2. The third-order valence-corrected chi connectivity index (χ3v) is 3.97. The molecule has 3 rings (SSSR count). The van der Waals surface area contributed by atoms with Crippen molar-refractivity contribution in [3.05, 3.63) is 21.6 Å². The topological polar surface area (TPSA) is 69.8 Å². The summed E-state index contributed by atoms with van der Waals surface area (Å²) >= 11 is 0. The van der Waals surface area contributed by atoms with Gasteiger partial charge < -0.3 is 10.6 Å². The van der Waals surface area contributed by atoms with Crippen LogP contribution in [0.1, 0.15) is 36.9 Å². The largest absolute Gasteiger partial charge is 0.355 e. The van der Waals surface area contributed by atoms with E-state index in [9.17, 15) is 4.79 Å². The van der Waals surface area contributed by atoms with E-state index in [2.05, 4.69) is 20.6 Å². The maximum absolute atomic E-state index is 11.9. The molecule has 0 spiro atoms. The van der Waals surface area contributed by atoms with Crippen molar-refractivity contribution in [1.82, 2.24) is 15.3 Å². The van der Waals surface area contributed by atoms with Crippen LogP contribution in [-0.4, -0.2) is 23.1 Å². The van der Waals surface area contributed by atoms with Crippen molar-refractivity contribution in [2.75, 3.05) is 18.4 Å².